The van der Waals surface area contributed by atoms with Crippen LogP contribution in [0, 0.1) is 23.1 Å². The minimum atomic E-state index is -4.38. The average Bonchev–Trinajstić information content (AvgIpc) is 3.92. The first-order chi connectivity index (χ1) is 33.1. The molecular formula is C53H65F2N7O6SSi. The van der Waals surface area contributed by atoms with Gasteiger partial charge in [0.15, 0.2) is 5.82 Å². The van der Waals surface area contributed by atoms with Crippen LogP contribution in [0.5, 0.6) is 6.01 Å². The van der Waals surface area contributed by atoms with Crippen molar-refractivity contribution >= 4 is 57.5 Å². The lowest BCUT2D eigenvalue weighted by Crippen LogP contribution is -2.57. The van der Waals surface area contributed by atoms with Crippen LogP contribution in [-0.4, -0.2) is 114 Å². The van der Waals surface area contributed by atoms with E-state index in [-0.39, 0.29) is 58.5 Å². The van der Waals surface area contributed by atoms with Gasteiger partial charge in [0, 0.05) is 48.5 Å². The van der Waals surface area contributed by atoms with Crippen LogP contribution in [0.25, 0.3) is 32.9 Å². The van der Waals surface area contributed by atoms with Crippen molar-refractivity contribution in [2.75, 3.05) is 43.0 Å². The number of pyridine rings is 1. The molecule has 0 radical (unpaired) electrons. The molecule has 6 heterocycles. The number of hydrogen-bond donors (Lipinski definition) is 2. The van der Waals surface area contributed by atoms with Crippen molar-refractivity contribution in [1.29, 1.82) is 0 Å². The van der Waals surface area contributed by atoms with Gasteiger partial charge in [-0.2, -0.15) is 18.4 Å². The smallest absolute Gasteiger partial charge is 0.410 e. The van der Waals surface area contributed by atoms with Gasteiger partial charge in [0.05, 0.1) is 33.5 Å². The number of aromatic nitrogens is 3. The Hall–Kier alpha value is -5.41. The molecule has 1 amide bonds. The van der Waals surface area contributed by atoms with Crippen LogP contribution in [0.15, 0.2) is 65.7 Å². The number of carbonyl (C=O) groups is 1. The molecule has 13 nitrogen and oxygen atoms in total. The topological polar surface area (TPSA) is 150 Å². The number of amides is 1. The van der Waals surface area contributed by atoms with Crippen molar-refractivity contribution in [2.24, 2.45) is 0 Å². The molecule has 3 aromatic carbocycles. The number of nitrogens with zero attached hydrogens (tertiary/aromatic N) is 6. The highest BCUT2D eigenvalue weighted by Crippen LogP contribution is 2.44. The zero-order valence-electron chi connectivity index (χ0n) is 41.6. The van der Waals surface area contributed by atoms with Gasteiger partial charge in [0.1, 0.15) is 43.1 Å². The van der Waals surface area contributed by atoms with Crippen molar-refractivity contribution in [3.63, 3.8) is 0 Å². The van der Waals surface area contributed by atoms with E-state index in [0.29, 0.717) is 75.9 Å². The maximum Gasteiger partial charge on any atom is 0.410 e. The molecule has 0 unspecified atom stereocenters. The summed E-state index contributed by atoms with van der Waals surface area (Å²) in [6, 6.07) is 14.3. The molecule has 372 valence electrons. The molecule has 4 fully saturated rings. The van der Waals surface area contributed by atoms with Gasteiger partial charge in [-0.1, -0.05) is 77.8 Å². The number of nitrogens with one attached hydrogen (secondary N) is 1. The van der Waals surface area contributed by atoms with E-state index < -0.39 is 41.0 Å². The summed E-state index contributed by atoms with van der Waals surface area (Å²) in [4.78, 5) is 34.2. The second-order valence-electron chi connectivity index (χ2n) is 21.8. The van der Waals surface area contributed by atoms with Crippen molar-refractivity contribution in [1.82, 2.24) is 24.8 Å². The first kappa shape index (κ1) is 49.6. The van der Waals surface area contributed by atoms with Gasteiger partial charge in [-0.25, -0.2) is 13.6 Å². The van der Waals surface area contributed by atoms with Crippen LogP contribution < -0.4 is 15.0 Å². The molecule has 0 aliphatic carbocycles. The molecule has 4 aliphatic heterocycles. The van der Waals surface area contributed by atoms with Crippen molar-refractivity contribution in [3.8, 4) is 28.7 Å². The standard InChI is InChI=1S/C53H65F2N7O6SSi/c1-32(2)70(33(3)4,34(5)6)24-21-41-44(54)20-17-35-13-10-16-42(45(35)41)47-46(55)48-43(27-56-47)49(60-29-38-18-19-39(30-60)62(38)51(63)68-52(7,8)9)59-50(58-48)67-31-53-22-12-23-61(53)28-37(26-53)57-36-14-11-15-40(25-36)69(64,65)66/h10-11,13-17,20,25,27,32-34,37-39,57H,12,18-19,22-23,26,28-31H2,1-9H3,(H,64,65,66)/t37-,38-,39+,53+/m1/s1. The van der Waals surface area contributed by atoms with E-state index in [1.165, 1.54) is 18.2 Å². The lowest BCUT2D eigenvalue weighted by atomic mass is 9.93. The number of rotatable bonds is 11. The van der Waals surface area contributed by atoms with Gasteiger partial charge in [-0.15, -0.1) is 5.54 Å². The predicted octanol–water partition coefficient (Wildman–Crippen LogP) is 10.6. The quantitative estimate of drug-likeness (QED) is 0.0737. The van der Waals surface area contributed by atoms with Crippen LogP contribution >= 0.6 is 0 Å². The molecule has 5 aromatic rings. The van der Waals surface area contributed by atoms with Gasteiger partial charge in [0.2, 0.25) is 0 Å². The van der Waals surface area contributed by atoms with Gasteiger partial charge in [-0.05, 0) is 106 Å². The number of anilines is 2. The maximum absolute atomic E-state index is 17.9. The van der Waals surface area contributed by atoms with Crippen LogP contribution in [0.4, 0.5) is 25.1 Å². The number of carbonyl (C=O) groups excluding carboxylic acids is 1. The summed E-state index contributed by atoms with van der Waals surface area (Å²) >= 11 is 0. The third-order valence-corrected chi connectivity index (χ3v) is 22.5. The van der Waals surface area contributed by atoms with E-state index >= 15 is 8.78 Å². The van der Waals surface area contributed by atoms with E-state index in [0.717, 1.165) is 32.2 Å². The number of piperazine rings is 1. The molecule has 4 aliphatic rings. The first-order valence-electron chi connectivity index (χ1n) is 24.7. The zero-order valence-corrected chi connectivity index (χ0v) is 43.5. The summed E-state index contributed by atoms with van der Waals surface area (Å²) in [6.07, 6.45) is 5.22. The lowest BCUT2D eigenvalue weighted by molar-refractivity contribution is 0.0122. The zero-order chi connectivity index (χ0) is 50.1. The van der Waals surface area contributed by atoms with Crippen LogP contribution in [0.3, 0.4) is 0 Å². The van der Waals surface area contributed by atoms with E-state index in [1.54, 1.807) is 30.5 Å². The minimum Gasteiger partial charge on any atom is -0.461 e. The number of benzene rings is 3. The Labute approximate surface area is 411 Å². The molecule has 2 aromatic heterocycles. The normalized spacial score (nSPS) is 21.8. The first-order valence-corrected chi connectivity index (χ1v) is 28.3. The Balaban J connectivity index is 1.11. The van der Waals surface area contributed by atoms with Crippen LogP contribution in [0.2, 0.25) is 16.6 Å². The summed E-state index contributed by atoms with van der Waals surface area (Å²) in [7, 11) is -6.67. The highest BCUT2D eigenvalue weighted by atomic mass is 32.2. The van der Waals surface area contributed by atoms with E-state index in [1.807, 2.05) is 37.8 Å². The largest absolute Gasteiger partial charge is 0.461 e. The molecular weight excluding hydrogens is 929 g/mol. The summed E-state index contributed by atoms with van der Waals surface area (Å²) in [5.74, 6) is 2.60. The van der Waals surface area contributed by atoms with E-state index in [4.69, 9.17) is 24.4 Å². The Morgan fingerprint density at radius 1 is 0.971 bits per heavy atom. The van der Waals surface area contributed by atoms with Gasteiger partial charge < -0.3 is 19.7 Å². The second-order valence-corrected chi connectivity index (χ2v) is 28.8. The highest BCUT2D eigenvalue weighted by molar-refractivity contribution is 7.85. The second kappa shape index (κ2) is 18.6. The molecule has 0 spiro atoms. The Kier molecular flexibility index (Phi) is 13.2. The highest BCUT2D eigenvalue weighted by Gasteiger charge is 2.50. The third-order valence-electron chi connectivity index (χ3n) is 15.3. The van der Waals surface area contributed by atoms with Gasteiger partial charge in [0.25, 0.3) is 10.1 Å². The summed E-state index contributed by atoms with van der Waals surface area (Å²) in [6.45, 7) is 21.4. The summed E-state index contributed by atoms with van der Waals surface area (Å²) in [5.41, 5.74) is 4.76. The van der Waals surface area contributed by atoms with Gasteiger partial charge in [-0.3, -0.25) is 19.3 Å². The van der Waals surface area contributed by atoms with E-state index in [2.05, 4.69) is 68.1 Å². The monoisotopic (exact) mass is 993 g/mol. The fourth-order valence-corrected chi connectivity index (χ4v) is 18.0. The molecule has 2 N–H and O–H groups in total. The van der Waals surface area contributed by atoms with Crippen molar-refractivity contribution in [2.45, 2.75) is 145 Å². The number of halogens is 2. The van der Waals surface area contributed by atoms with Gasteiger partial charge >= 0.3 is 12.1 Å². The third kappa shape index (κ3) is 9.21. The molecule has 4 atom stereocenters. The molecule has 9 rings (SSSR count). The molecule has 2 bridgehead atoms. The average molecular weight is 994 g/mol. The Bertz CT molecular complexity index is 2990. The lowest BCUT2D eigenvalue weighted by Gasteiger charge is -2.42. The minimum absolute atomic E-state index is 0.000546. The molecule has 4 saturated heterocycles. The number of fused-ring (bicyclic) bond motifs is 5. The molecule has 70 heavy (non-hydrogen) atoms. The summed E-state index contributed by atoms with van der Waals surface area (Å²) < 4.78 is 80.1. The fraction of sp³-hybridized carbons (Fsp3) is 0.509. The maximum atomic E-state index is 17.9. The van der Waals surface area contributed by atoms with Crippen LogP contribution in [-0.2, 0) is 14.9 Å². The van der Waals surface area contributed by atoms with Crippen LogP contribution in [0.1, 0.15) is 100.0 Å². The van der Waals surface area contributed by atoms with Crippen molar-refractivity contribution < 1.29 is 36.0 Å². The van der Waals surface area contributed by atoms with Crippen molar-refractivity contribution in [3.05, 3.63) is 78.0 Å². The Morgan fingerprint density at radius 2 is 1.67 bits per heavy atom. The molecule has 17 heteroatoms. The molecule has 0 saturated carbocycles. The summed E-state index contributed by atoms with van der Waals surface area (Å²) in [5, 5.41) is 5.03. The fourth-order valence-electron chi connectivity index (χ4n) is 12.3. The SMILES string of the molecule is CC(C)[Si](C#Cc1c(F)ccc2cccc(-c3ncc4c(N5C[C@H]6CC[C@@H](C5)N6C(=O)OC(C)(C)C)nc(OC[C@@]56CCCN5C[C@H](Nc5cccc(S(=O)(=O)O)c5)C6)nc4c3F)c12)(C(C)C)C(C)C. The Morgan fingerprint density at radius 3 is 2.34 bits per heavy atom. The number of hydrogen-bond acceptors (Lipinski definition) is 11. The van der Waals surface area contributed by atoms with E-state index in [9.17, 15) is 17.8 Å². The predicted molar refractivity (Wildman–Crippen MR) is 273 cm³/mol. The number of ether oxygens (including phenoxy) is 2.